The lowest BCUT2D eigenvalue weighted by Crippen LogP contribution is -2.37. The van der Waals surface area contributed by atoms with Crippen molar-refractivity contribution in [2.24, 2.45) is 5.73 Å². The number of rotatable bonds is 3. The average molecular weight is 472 g/mol. The number of nitrogens with two attached hydrogens (primary N) is 1. The Morgan fingerprint density at radius 2 is 1.74 bits per heavy atom. The number of carbonyl (C=O) groups is 2. The number of fused-ring (bicyclic) bond motifs is 2. The monoisotopic (exact) mass is 471 g/mol. The van der Waals surface area contributed by atoms with E-state index in [-0.39, 0.29) is 5.91 Å². The van der Waals surface area contributed by atoms with E-state index in [2.05, 4.69) is 6.07 Å². The van der Waals surface area contributed by atoms with Crippen LogP contribution in [0.15, 0.2) is 66.4 Å². The molecule has 5 nitrogen and oxygen atoms in total. The number of halogens is 1. The maximum absolute atomic E-state index is 12.9. The van der Waals surface area contributed by atoms with Gasteiger partial charge in [0.2, 0.25) is 11.8 Å². The molecule has 1 fully saturated rings. The first-order valence-corrected chi connectivity index (χ1v) is 12.0. The van der Waals surface area contributed by atoms with Crippen LogP contribution in [0.25, 0.3) is 5.57 Å². The summed E-state index contributed by atoms with van der Waals surface area (Å²) in [5.74, 6) is -0.291. The van der Waals surface area contributed by atoms with Gasteiger partial charge in [-0.1, -0.05) is 41.4 Å². The van der Waals surface area contributed by atoms with Crippen molar-refractivity contribution in [1.82, 2.24) is 9.88 Å². The first kappa shape index (κ1) is 22.4. The predicted molar refractivity (Wildman–Crippen MR) is 134 cm³/mol. The van der Waals surface area contributed by atoms with Crippen molar-refractivity contribution >= 4 is 29.0 Å². The standard InChI is InChI=1S/C28H26ClN3O2/c29-23-5-1-3-18(15-23)16-25(33)32-13-10-19(11-14-32)26-24-9-8-22(28(30)34)17-21(24)7-6-20-4-2-12-31-27(20)26/h1-5,8-9,12,15,17H,6-7,10-11,13-14,16H2,(H2,30,34). The van der Waals surface area contributed by atoms with Crippen molar-refractivity contribution in [2.75, 3.05) is 13.1 Å². The second-order valence-corrected chi connectivity index (χ2v) is 9.35. The first-order valence-electron chi connectivity index (χ1n) is 11.6. The normalized spacial score (nSPS) is 15.4. The molecular weight excluding hydrogens is 446 g/mol. The Kier molecular flexibility index (Phi) is 6.20. The van der Waals surface area contributed by atoms with Crippen LogP contribution in [0.4, 0.5) is 0 Å². The second-order valence-electron chi connectivity index (χ2n) is 8.91. The van der Waals surface area contributed by atoms with Gasteiger partial charge in [-0.15, -0.1) is 0 Å². The van der Waals surface area contributed by atoms with Gasteiger partial charge in [0.05, 0.1) is 12.1 Å². The van der Waals surface area contributed by atoms with Crippen LogP contribution in [-0.2, 0) is 24.1 Å². The minimum absolute atomic E-state index is 0.122. The molecule has 34 heavy (non-hydrogen) atoms. The molecule has 1 saturated heterocycles. The largest absolute Gasteiger partial charge is 0.366 e. The summed E-state index contributed by atoms with van der Waals surface area (Å²) in [6.07, 6.45) is 5.48. The molecule has 3 aromatic rings. The van der Waals surface area contributed by atoms with E-state index in [1.54, 1.807) is 6.07 Å². The first-order chi connectivity index (χ1) is 16.5. The number of nitrogens with zero attached hydrogens (tertiary/aromatic N) is 2. The number of benzene rings is 2. The number of likely N-dealkylation sites (tertiary alicyclic amines) is 1. The quantitative estimate of drug-likeness (QED) is 0.606. The highest BCUT2D eigenvalue weighted by atomic mass is 35.5. The fraction of sp³-hybridized carbons (Fsp3) is 0.250. The van der Waals surface area contributed by atoms with Crippen LogP contribution in [0.2, 0.25) is 5.02 Å². The lowest BCUT2D eigenvalue weighted by atomic mass is 9.88. The maximum Gasteiger partial charge on any atom is 0.248 e. The van der Waals surface area contributed by atoms with Crippen LogP contribution < -0.4 is 5.73 Å². The summed E-state index contributed by atoms with van der Waals surface area (Å²) in [5, 5.41) is 0.647. The number of piperidine rings is 1. The highest BCUT2D eigenvalue weighted by Gasteiger charge is 2.26. The van der Waals surface area contributed by atoms with Crippen molar-refractivity contribution in [3.05, 3.63) is 105 Å². The van der Waals surface area contributed by atoms with E-state index in [0.29, 0.717) is 30.1 Å². The second kappa shape index (κ2) is 9.43. The van der Waals surface area contributed by atoms with Crippen LogP contribution in [-0.4, -0.2) is 34.8 Å². The molecule has 172 valence electrons. The summed E-state index contributed by atoms with van der Waals surface area (Å²) in [4.78, 5) is 31.4. The van der Waals surface area contributed by atoms with Crippen molar-refractivity contribution in [3.8, 4) is 0 Å². The third kappa shape index (κ3) is 4.48. The van der Waals surface area contributed by atoms with E-state index < -0.39 is 5.91 Å². The Morgan fingerprint density at radius 3 is 2.50 bits per heavy atom. The highest BCUT2D eigenvalue weighted by molar-refractivity contribution is 6.30. The molecule has 2 aliphatic rings. The molecule has 0 unspecified atom stereocenters. The van der Waals surface area contributed by atoms with Crippen LogP contribution in [0.5, 0.6) is 0 Å². The van der Waals surface area contributed by atoms with E-state index in [0.717, 1.165) is 53.6 Å². The number of pyridine rings is 1. The van der Waals surface area contributed by atoms with Crippen LogP contribution in [0.1, 0.15) is 51.1 Å². The smallest absolute Gasteiger partial charge is 0.248 e. The number of aromatic nitrogens is 1. The van der Waals surface area contributed by atoms with Crippen LogP contribution >= 0.6 is 11.6 Å². The molecule has 0 atom stereocenters. The van der Waals surface area contributed by atoms with Gasteiger partial charge >= 0.3 is 0 Å². The predicted octanol–water partition coefficient (Wildman–Crippen LogP) is 4.60. The number of aryl methyl sites for hydroxylation is 2. The number of hydrogen-bond donors (Lipinski definition) is 1. The van der Waals surface area contributed by atoms with E-state index in [9.17, 15) is 9.59 Å². The molecule has 2 amide bonds. The van der Waals surface area contributed by atoms with Gasteiger partial charge in [-0.2, -0.15) is 0 Å². The Morgan fingerprint density at radius 1 is 0.941 bits per heavy atom. The summed E-state index contributed by atoms with van der Waals surface area (Å²) >= 11 is 6.08. The third-order valence-electron chi connectivity index (χ3n) is 6.77. The fourth-order valence-corrected chi connectivity index (χ4v) is 5.24. The molecule has 1 aromatic heterocycles. The number of amides is 2. The molecule has 0 radical (unpaired) electrons. The zero-order valence-corrected chi connectivity index (χ0v) is 19.6. The topological polar surface area (TPSA) is 76.3 Å². The summed E-state index contributed by atoms with van der Waals surface area (Å²) in [6.45, 7) is 1.35. The maximum atomic E-state index is 12.9. The summed E-state index contributed by atoms with van der Waals surface area (Å²) in [6, 6.07) is 17.3. The van der Waals surface area contributed by atoms with E-state index in [1.165, 1.54) is 11.1 Å². The van der Waals surface area contributed by atoms with Crippen LogP contribution in [0, 0.1) is 0 Å². The van der Waals surface area contributed by atoms with E-state index in [4.69, 9.17) is 22.3 Å². The van der Waals surface area contributed by atoms with Gasteiger partial charge in [0.1, 0.15) is 0 Å². The Balaban J connectivity index is 1.45. The van der Waals surface area contributed by atoms with Crippen molar-refractivity contribution < 1.29 is 9.59 Å². The lowest BCUT2D eigenvalue weighted by Gasteiger charge is -2.30. The van der Waals surface area contributed by atoms with Gasteiger partial charge in [0.25, 0.3) is 0 Å². The van der Waals surface area contributed by atoms with Gasteiger partial charge in [-0.25, -0.2) is 0 Å². The minimum atomic E-state index is -0.414. The SMILES string of the molecule is NC(=O)c1ccc2c(c1)CCc1cccnc1C2=C1CCN(C(=O)Cc2cccc(Cl)c2)CC1. The van der Waals surface area contributed by atoms with Gasteiger partial charge in [-0.05, 0) is 78.3 Å². The summed E-state index contributed by atoms with van der Waals surface area (Å²) in [7, 11) is 0. The Bertz CT molecular complexity index is 1300. The zero-order valence-electron chi connectivity index (χ0n) is 18.9. The summed E-state index contributed by atoms with van der Waals surface area (Å²) in [5.41, 5.74) is 13.9. The number of primary amides is 1. The van der Waals surface area contributed by atoms with Crippen molar-refractivity contribution in [2.45, 2.75) is 32.1 Å². The molecular formula is C28H26ClN3O2. The van der Waals surface area contributed by atoms with Crippen molar-refractivity contribution in [1.29, 1.82) is 0 Å². The number of carbonyl (C=O) groups excluding carboxylic acids is 2. The van der Waals surface area contributed by atoms with Crippen molar-refractivity contribution in [3.63, 3.8) is 0 Å². The molecule has 6 heteroatoms. The molecule has 1 aliphatic carbocycles. The van der Waals surface area contributed by atoms with Crippen LogP contribution in [0.3, 0.4) is 0 Å². The average Bonchev–Trinajstić information content (AvgIpc) is 3.00. The minimum Gasteiger partial charge on any atom is -0.366 e. The third-order valence-corrected chi connectivity index (χ3v) is 7.00. The zero-order chi connectivity index (χ0) is 23.7. The van der Waals surface area contributed by atoms with E-state index in [1.807, 2.05) is 53.6 Å². The van der Waals surface area contributed by atoms with Gasteiger partial charge in [0, 0.05) is 35.4 Å². The van der Waals surface area contributed by atoms with Gasteiger partial charge < -0.3 is 10.6 Å². The van der Waals surface area contributed by atoms with E-state index >= 15 is 0 Å². The molecule has 1 aliphatic heterocycles. The molecule has 2 heterocycles. The Hall–Kier alpha value is -3.44. The molecule has 0 bridgehead atoms. The molecule has 2 aromatic carbocycles. The Labute approximate surface area is 204 Å². The fourth-order valence-electron chi connectivity index (χ4n) is 5.03. The highest BCUT2D eigenvalue weighted by Crippen LogP contribution is 2.38. The number of hydrogen-bond acceptors (Lipinski definition) is 3. The molecule has 0 saturated carbocycles. The molecule has 2 N–H and O–H groups in total. The molecule has 0 spiro atoms. The summed E-state index contributed by atoms with van der Waals surface area (Å²) < 4.78 is 0. The lowest BCUT2D eigenvalue weighted by molar-refractivity contribution is -0.130. The molecule has 5 rings (SSSR count). The van der Waals surface area contributed by atoms with Gasteiger partial charge in [-0.3, -0.25) is 14.6 Å². The van der Waals surface area contributed by atoms with Gasteiger partial charge in [0.15, 0.2) is 0 Å².